The van der Waals surface area contributed by atoms with Gasteiger partial charge in [0.15, 0.2) is 0 Å². The topological polar surface area (TPSA) is 112 Å². The van der Waals surface area contributed by atoms with Crippen molar-refractivity contribution in [3.63, 3.8) is 0 Å². The minimum Gasteiger partial charge on any atom is -0.465 e. The van der Waals surface area contributed by atoms with Gasteiger partial charge in [0, 0.05) is 19.0 Å². The van der Waals surface area contributed by atoms with Crippen LogP contribution in [0.5, 0.6) is 0 Å². The molecule has 2 rings (SSSR count). The van der Waals surface area contributed by atoms with Gasteiger partial charge in [0.1, 0.15) is 5.82 Å². The molecule has 1 aliphatic heterocycles. The number of nitrogen functional groups attached to an aromatic ring is 1. The molecule has 1 fully saturated rings. The fraction of sp³-hybridized carbons (Fsp3) is 0.462. The summed E-state index contributed by atoms with van der Waals surface area (Å²) >= 11 is 0. The molecule has 0 saturated carbocycles. The average molecular weight is 278 g/mol. The Bertz CT molecular complexity index is 524. The number of hydrogen-bond acceptors (Lipinski definition) is 6. The Morgan fingerprint density at radius 3 is 2.60 bits per heavy atom. The van der Waals surface area contributed by atoms with Crippen LogP contribution in [0, 0.1) is 5.92 Å². The Hall–Kier alpha value is -2.31. The number of piperidine rings is 1. The van der Waals surface area contributed by atoms with Crippen molar-refractivity contribution in [2.24, 2.45) is 11.7 Å². The summed E-state index contributed by atoms with van der Waals surface area (Å²) in [6, 6.07) is 1.62. The number of hydrogen-bond donors (Lipinski definition) is 2. The highest BCUT2D eigenvalue weighted by Crippen LogP contribution is 2.24. The Kier molecular flexibility index (Phi) is 4.07. The van der Waals surface area contributed by atoms with Crippen LogP contribution in [0.4, 0.5) is 11.5 Å². The molecule has 0 radical (unpaired) electrons. The number of nitrogens with zero attached hydrogens (tertiary/aromatic N) is 2. The fourth-order valence-corrected chi connectivity index (χ4v) is 2.31. The highest BCUT2D eigenvalue weighted by atomic mass is 16.5. The third kappa shape index (κ3) is 2.81. The summed E-state index contributed by atoms with van der Waals surface area (Å²) in [4.78, 5) is 29.0. The lowest BCUT2D eigenvalue weighted by atomic mass is 9.96. The second-order valence-electron chi connectivity index (χ2n) is 4.79. The summed E-state index contributed by atoms with van der Waals surface area (Å²) in [7, 11) is 1.31. The molecule has 0 unspecified atom stereocenters. The van der Waals surface area contributed by atoms with Crippen LogP contribution >= 0.6 is 0 Å². The van der Waals surface area contributed by atoms with Crippen LogP contribution in [0.2, 0.25) is 0 Å². The normalized spacial score (nSPS) is 15.9. The fourth-order valence-electron chi connectivity index (χ4n) is 2.31. The van der Waals surface area contributed by atoms with Crippen molar-refractivity contribution in [2.75, 3.05) is 30.8 Å². The number of primary amides is 1. The minimum absolute atomic E-state index is 0.0832. The van der Waals surface area contributed by atoms with Gasteiger partial charge in [-0.2, -0.15) is 0 Å². The monoisotopic (exact) mass is 278 g/mol. The van der Waals surface area contributed by atoms with Crippen molar-refractivity contribution >= 4 is 23.4 Å². The molecule has 0 atom stereocenters. The van der Waals surface area contributed by atoms with Gasteiger partial charge in [-0.1, -0.05) is 0 Å². The molecule has 7 heteroatoms. The first kappa shape index (κ1) is 14.1. The maximum atomic E-state index is 11.6. The van der Waals surface area contributed by atoms with Crippen molar-refractivity contribution in [3.05, 3.63) is 17.8 Å². The number of esters is 1. The van der Waals surface area contributed by atoms with Crippen molar-refractivity contribution in [3.8, 4) is 0 Å². The number of amides is 1. The van der Waals surface area contributed by atoms with Gasteiger partial charge < -0.3 is 21.1 Å². The Morgan fingerprint density at radius 2 is 2.05 bits per heavy atom. The van der Waals surface area contributed by atoms with E-state index in [9.17, 15) is 9.59 Å². The van der Waals surface area contributed by atoms with Crippen molar-refractivity contribution in [1.29, 1.82) is 0 Å². The number of ether oxygens (including phenoxy) is 1. The number of anilines is 2. The number of aromatic nitrogens is 1. The molecule has 7 nitrogen and oxygen atoms in total. The molecular weight excluding hydrogens is 260 g/mol. The average Bonchev–Trinajstić information content (AvgIpc) is 2.47. The van der Waals surface area contributed by atoms with E-state index in [1.807, 2.05) is 4.90 Å². The molecule has 1 amide bonds. The lowest BCUT2D eigenvalue weighted by Gasteiger charge is -2.31. The minimum atomic E-state index is -0.488. The van der Waals surface area contributed by atoms with E-state index in [1.165, 1.54) is 13.3 Å². The SMILES string of the molecule is COC(=O)c1cc(N2CCC(C(N)=O)CC2)ncc1N. The zero-order chi connectivity index (χ0) is 14.7. The summed E-state index contributed by atoms with van der Waals surface area (Å²) in [5.74, 6) is -0.175. The number of nitrogens with two attached hydrogens (primary N) is 2. The number of pyridine rings is 1. The predicted octanol–water partition coefficient (Wildman–Crippen LogP) is 0.152. The van der Waals surface area contributed by atoms with E-state index in [2.05, 4.69) is 9.72 Å². The molecule has 0 aromatic carbocycles. The molecule has 1 aromatic heterocycles. The van der Waals surface area contributed by atoms with E-state index in [0.29, 0.717) is 37.3 Å². The lowest BCUT2D eigenvalue weighted by Crippen LogP contribution is -2.39. The molecule has 0 spiro atoms. The highest BCUT2D eigenvalue weighted by Gasteiger charge is 2.24. The number of carbonyl (C=O) groups is 2. The Morgan fingerprint density at radius 1 is 1.40 bits per heavy atom. The third-order valence-corrected chi connectivity index (χ3v) is 3.55. The van der Waals surface area contributed by atoms with Gasteiger partial charge in [-0.15, -0.1) is 0 Å². The van der Waals surface area contributed by atoms with E-state index < -0.39 is 5.97 Å². The largest absolute Gasteiger partial charge is 0.465 e. The summed E-state index contributed by atoms with van der Waals surface area (Å²) < 4.78 is 4.68. The first-order valence-corrected chi connectivity index (χ1v) is 6.41. The van der Waals surface area contributed by atoms with E-state index in [-0.39, 0.29) is 17.5 Å². The van der Waals surface area contributed by atoms with Gasteiger partial charge in [-0.3, -0.25) is 4.79 Å². The molecule has 2 heterocycles. The predicted molar refractivity (Wildman–Crippen MR) is 74.1 cm³/mol. The van der Waals surface area contributed by atoms with Gasteiger partial charge in [0.2, 0.25) is 5.91 Å². The van der Waals surface area contributed by atoms with Crippen LogP contribution in [-0.2, 0) is 9.53 Å². The standard InChI is InChI=1S/C13H18N4O3/c1-20-13(19)9-6-11(16-7-10(9)14)17-4-2-8(3-5-17)12(15)18/h6-8H,2-5,14H2,1H3,(H2,15,18). The van der Waals surface area contributed by atoms with Crippen molar-refractivity contribution < 1.29 is 14.3 Å². The maximum Gasteiger partial charge on any atom is 0.340 e. The van der Waals surface area contributed by atoms with Crippen LogP contribution in [0.15, 0.2) is 12.3 Å². The molecule has 0 bridgehead atoms. The van der Waals surface area contributed by atoms with Gasteiger partial charge in [-0.25, -0.2) is 9.78 Å². The third-order valence-electron chi connectivity index (χ3n) is 3.55. The molecular formula is C13H18N4O3. The van der Waals surface area contributed by atoms with Crippen LogP contribution in [0.3, 0.4) is 0 Å². The summed E-state index contributed by atoms with van der Waals surface area (Å²) in [6.45, 7) is 1.34. The highest BCUT2D eigenvalue weighted by molar-refractivity contribution is 5.95. The second kappa shape index (κ2) is 5.77. The molecule has 108 valence electrons. The molecule has 4 N–H and O–H groups in total. The Balaban J connectivity index is 2.14. The van der Waals surface area contributed by atoms with Gasteiger partial charge >= 0.3 is 5.97 Å². The number of methoxy groups -OCH3 is 1. The van der Waals surface area contributed by atoms with Gasteiger partial charge in [0.05, 0.1) is 24.6 Å². The van der Waals surface area contributed by atoms with Gasteiger partial charge in [-0.05, 0) is 18.9 Å². The van der Waals surface area contributed by atoms with Crippen molar-refractivity contribution in [2.45, 2.75) is 12.8 Å². The van der Waals surface area contributed by atoms with E-state index in [0.717, 1.165) is 0 Å². The number of rotatable bonds is 3. The first-order valence-electron chi connectivity index (χ1n) is 6.41. The molecule has 20 heavy (non-hydrogen) atoms. The summed E-state index contributed by atoms with van der Waals surface area (Å²) in [5.41, 5.74) is 11.6. The Labute approximate surface area is 116 Å². The zero-order valence-corrected chi connectivity index (χ0v) is 11.3. The van der Waals surface area contributed by atoms with E-state index in [1.54, 1.807) is 6.07 Å². The van der Waals surface area contributed by atoms with Crippen LogP contribution in [0.25, 0.3) is 0 Å². The maximum absolute atomic E-state index is 11.6. The van der Waals surface area contributed by atoms with E-state index >= 15 is 0 Å². The molecule has 1 aliphatic rings. The molecule has 1 saturated heterocycles. The smallest absolute Gasteiger partial charge is 0.340 e. The number of carbonyl (C=O) groups excluding carboxylic acids is 2. The zero-order valence-electron chi connectivity index (χ0n) is 11.3. The van der Waals surface area contributed by atoms with Crippen LogP contribution in [0.1, 0.15) is 23.2 Å². The van der Waals surface area contributed by atoms with E-state index in [4.69, 9.17) is 11.5 Å². The van der Waals surface area contributed by atoms with Crippen molar-refractivity contribution in [1.82, 2.24) is 4.98 Å². The molecule has 0 aliphatic carbocycles. The van der Waals surface area contributed by atoms with Crippen LogP contribution in [-0.4, -0.2) is 37.1 Å². The quantitative estimate of drug-likeness (QED) is 0.761. The first-order chi connectivity index (χ1) is 9.52. The summed E-state index contributed by atoms with van der Waals surface area (Å²) in [6.07, 6.45) is 2.83. The summed E-state index contributed by atoms with van der Waals surface area (Å²) in [5, 5.41) is 0. The van der Waals surface area contributed by atoms with Gasteiger partial charge in [0.25, 0.3) is 0 Å². The van der Waals surface area contributed by atoms with Crippen LogP contribution < -0.4 is 16.4 Å². The molecule has 1 aromatic rings. The second-order valence-corrected chi connectivity index (χ2v) is 4.79. The lowest BCUT2D eigenvalue weighted by molar-refractivity contribution is -0.122.